The molecule has 8 heteroatoms. The molecule has 1 saturated carbocycles. The molecule has 0 N–H and O–H groups in total. The number of rotatable bonds is 9. The first-order valence-corrected chi connectivity index (χ1v) is 12.8. The Morgan fingerprint density at radius 2 is 1.76 bits per heavy atom. The number of benzene rings is 2. The van der Waals surface area contributed by atoms with E-state index in [4.69, 9.17) is 8.92 Å². The van der Waals surface area contributed by atoms with Crippen LogP contribution in [0, 0.1) is 11.7 Å². The molecule has 1 aliphatic rings. The van der Waals surface area contributed by atoms with Gasteiger partial charge in [0.2, 0.25) is 5.91 Å². The van der Waals surface area contributed by atoms with Gasteiger partial charge in [0, 0.05) is 18.5 Å². The molecule has 0 aliphatic heterocycles. The first kappa shape index (κ1) is 25.0. The van der Waals surface area contributed by atoms with Crippen LogP contribution in [0.5, 0.6) is 11.5 Å². The number of hydrogen-bond acceptors (Lipinski definition) is 5. The Morgan fingerprint density at radius 1 is 1.09 bits per heavy atom. The molecule has 6 nitrogen and oxygen atoms in total. The van der Waals surface area contributed by atoms with E-state index in [1.165, 1.54) is 13.5 Å². The lowest BCUT2D eigenvalue weighted by atomic mass is 9.87. The van der Waals surface area contributed by atoms with E-state index in [1.807, 2.05) is 18.7 Å². The molecule has 1 fully saturated rings. The Hall–Kier alpha value is -2.61. The van der Waals surface area contributed by atoms with E-state index in [9.17, 15) is 17.6 Å². The molecule has 0 heterocycles. The highest BCUT2D eigenvalue weighted by atomic mass is 32.2. The van der Waals surface area contributed by atoms with Crippen molar-refractivity contribution in [3.8, 4) is 11.5 Å². The second kappa shape index (κ2) is 11.0. The average molecular weight is 478 g/mol. The zero-order chi connectivity index (χ0) is 24.0. The van der Waals surface area contributed by atoms with Crippen molar-refractivity contribution in [3.05, 3.63) is 53.8 Å². The van der Waals surface area contributed by atoms with Crippen LogP contribution in [0.1, 0.15) is 57.9 Å². The molecule has 1 amide bonds. The summed E-state index contributed by atoms with van der Waals surface area (Å²) < 4.78 is 49.3. The van der Waals surface area contributed by atoms with Crippen molar-refractivity contribution < 1.29 is 26.5 Å². The molecule has 0 radical (unpaired) electrons. The minimum atomic E-state index is -4.19. The van der Waals surface area contributed by atoms with Gasteiger partial charge in [-0.1, -0.05) is 32.3 Å². The second-order valence-electron chi connectivity index (χ2n) is 8.53. The van der Waals surface area contributed by atoms with Crippen LogP contribution in [0.2, 0.25) is 0 Å². The molecule has 3 rings (SSSR count). The molecule has 2 aromatic rings. The molecule has 0 aromatic heterocycles. The van der Waals surface area contributed by atoms with Crippen molar-refractivity contribution in [1.82, 2.24) is 4.90 Å². The maximum Gasteiger partial charge on any atom is 0.339 e. The molecule has 33 heavy (non-hydrogen) atoms. The van der Waals surface area contributed by atoms with Gasteiger partial charge in [0.05, 0.1) is 7.11 Å². The number of nitrogens with zero attached hydrogens (tertiary/aromatic N) is 1. The molecular formula is C25H32FNO5S. The maximum absolute atomic E-state index is 13.3. The number of methoxy groups -OCH3 is 1. The lowest BCUT2D eigenvalue weighted by Crippen LogP contribution is -2.42. The summed E-state index contributed by atoms with van der Waals surface area (Å²) >= 11 is 0. The molecular weight excluding hydrogens is 445 g/mol. The van der Waals surface area contributed by atoms with Gasteiger partial charge in [-0.15, -0.1) is 0 Å². The highest BCUT2D eigenvalue weighted by Crippen LogP contribution is 2.33. The van der Waals surface area contributed by atoms with Gasteiger partial charge in [0.15, 0.2) is 11.5 Å². The van der Waals surface area contributed by atoms with Crippen molar-refractivity contribution in [1.29, 1.82) is 0 Å². The Balaban J connectivity index is 1.86. The monoisotopic (exact) mass is 477 g/mol. The lowest BCUT2D eigenvalue weighted by molar-refractivity contribution is -0.139. The van der Waals surface area contributed by atoms with Crippen molar-refractivity contribution >= 4 is 16.0 Å². The van der Waals surface area contributed by atoms with Crippen LogP contribution in [0.15, 0.2) is 47.4 Å². The van der Waals surface area contributed by atoms with Crippen LogP contribution in [0.4, 0.5) is 4.39 Å². The summed E-state index contributed by atoms with van der Waals surface area (Å²) in [5.74, 6) is -0.0742. The van der Waals surface area contributed by atoms with Gasteiger partial charge in [-0.05, 0) is 68.1 Å². The molecule has 1 atom stereocenters. The van der Waals surface area contributed by atoms with Crippen LogP contribution in [0.25, 0.3) is 0 Å². The normalized spacial score (nSPS) is 15.6. The Kier molecular flexibility index (Phi) is 8.35. The predicted molar refractivity (Wildman–Crippen MR) is 124 cm³/mol. The third kappa shape index (κ3) is 6.25. The lowest BCUT2D eigenvalue weighted by Gasteiger charge is -2.33. The fourth-order valence-corrected chi connectivity index (χ4v) is 5.04. The minimum absolute atomic E-state index is 0.0218. The van der Waals surface area contributed by atoms with E-state index in [0.29, 0.717) is 6.54 Å². The largest absolute Gasteiger partial charge is 0.493 e. The number of hydrogen-bond donors (Lipinski definition) is 0. The van der Waals surface area contributed by atoms with Gasteiger partial charge >= 0.3 is 10.1 Å². The van der Waals surface area contributed by atoms with Crippen molar-refractivity contribution in [2.75, 3.05) is 7.11 Å². The summed E-state index contributed by atoms with van der Waals surface area (Å²) in [6.45, 7) is 4.42. The molecule has 0 saturated heterocycles. The van der Waals surface area contributed by atoms with E-state index < -0.39 is 15.9 Å². The van der Waals surface area contributed by atoms with E-state index in [-0.39, 0.29) is 34.3 Å². The second-order valence-corrected chi connectivity index (χ2v) is 10.1. The van der Waals surface area contributed by atoms with E-state index in [1.54, 1.807) is 18.2 Å². The van der Waals surface area contributed by atoms with Crippen LogP contribution in [0.3, 0.4) is 0 Å². The highest BCUT2D eigenvalue weighted by molar-refractivity contribution is 7.87. The SMILES string of the molecule is CCC(C)N(Cc1ccc(OC)c(OS(=O)(=O)c2ccc(F)cc2)c1)C(=O)C1CCCCC1. The number of ether oxygens (including phenoxy) is 1. The molecule has 0 spiro atoms. The summed E-state index contributed by atoms with van der Waals surface area (Å²) in [5, 5.41) is 0. The first-order valence-electron chi connectivity index (χ1n) is 11.4. The fourth-order valence-electron chi connectivity index (χ4n) is 4.10. The summed E-state index contributed by atoms with van der Waals surface area (Å²) in [6, 6.07) is 9.49. The molecule has 0 bridgehead atoms. The Labute approximate surface area is 195 Å². The van der Waals surface area contributed by atoms with Gasteiger partial charge in [0.1, 0.15) is 10.7 Å². The number of carbonyl (C=O) groups excluding carboxylic acids is 1. The van der Waals surface area contributed by atoms with Gasteiger partial charge < -0.3 is 13.8 Å². The Bertz CT molecular complexity index is 1050. The van der Waals surface area contributed by atoms with Crippen molar-refractivity contribution in [2.24, 2.45) is 5.92 Å². The summed E-state index contributed by atoms with van der Waals surface area (Å²) in [7, 11) is -2.77. The van der Waals surface area contributed by atoms with Crippen LogP contribution in [-0.4, -0.2) is 32.4 Å². The number of halogens is 1. The van der Waals surface area contributed by atoms with E-state index in [0.717, 1.165) is 61.9 Å². The molecule has 180 valence electrons. The third-order valence-corrected chi connectivity index (χ3v) is 7.49. The average Bonchev–Trinajstić information content (AvgIpc) is 2.82. The van der Waals surface area contributed by atoms with Crippen LogP contribution < -0.4 is 8.92 Å². The molecule has 1 unspecified atom stereocenters. The molecule has 1 aliphatic carbocycles. The fraction of sp³-hybridized carbons (Fsp3) is 0.480. The standard InChI is InChI=1S/C25H32FNO5S/c1-4-18(2)27(25(28)20-8-6-5-7-9-20)17-19-10-15-23(31-3)24(16-19)32-33(29,30)22-13-11-21(26)12-14-22/h10-16,18,20H,4-9,17H2,1-3H3. The topological polar surface area (TPSA) is 72.9 Å². The molecule has 2 aromatic carbocycles. The minimum Gasteiger partial charge on any atom is -0.493 e. The third-order valence-electron chi connectivity index (χ3n) is 6.24. The quantitative estimate of drug-likeness (QED) is 0.458. The van der Waals surface area contributed by atoms with Crippen LogP contribution >= 0.6 is 0 Å². The van der Waals surface area contributed by atoms with Gasteiger partial charge in [0.25, 0.3) is 0 Å². The summed E-state index contributed by atoms with van der Waals surface area (Å²) in [4.78, 5) is 15.0. The summed E-state index contributed by atoms with van der Waals surface area (Å²) in [6.07, 6.45) is 5.97. The zero-order valence-corrected chi connectivity index (χ0v) is 20.2. The number of carbonyl (C=O) groups is 1. The number of amides is 1. The van der Waals surface area contributed by atoms with Crippen molar-refractivity contribution in [3.63, 3.8) is 0 Å². The zero-order valence-electron chi connectivity index (χ0n) is 19.4. The highest BCUT2D eigenvalue weighted by Gasteiger charge is 2.29. The maximum atomic E-state index is 13.3. The summed E-state index contributed by atoms with van der Waals surface area (Å²) in [5.41, 5.74) is 0.740. The smallest absolute Gasteiger partial charge is 0.339 e. The Morgan fingerprint density at radius 3 is 2.36 bits per heavy atom. The predicted octanol–water partition coefficient (Wildman–Crippen LogP) is 5.31. The van der Waals surface area contributed by atoms with E-state index >= 15 is 0 Å². The van der Waals surface area contributed by atoms with Gasteiger partial charge in [-0.2, -0.15) is 8.42 Å². The van der Waals surface area contributed by atoms with E-state index in [2.05, 4.69) is 0 Å². The van der Waals surface area contributed by atoms with Gasteiger partial charge in [-0.3, -0.25) is 4.79 Å². The van der Waals surface area contributed by atoms with Gasteiger partial charge in [-0.25, -0.2) is 4.39 Å². The van der Waals surface area contributed by atoms with Crippen molar-refractivity contribution in [2.45, 2.75) is 69.9 Å². The first-order chi connectivity index (χ1) is 15.7. The van der Waals surface area contributed by atoms with Crippen LogP contribution in [-0.2, 0) is 21.5 Å².